The van der Waals surface area contributed by atoms with Crippen molar-refractivity contribution < 1.29 is 4.74 Å². The lowest BCUT2D eigenvalue weighted by atomic mass is 10.2. The molecular formula is C8H13N3O. The number of hydrogen-bond donors (Lipinski definition) is 1. The topological polar surface area (TPSA) is 50.9 Å². The second kappa shape index (κ2) is 3.15. The Balaban J connectivity index is 2.24. The van der Waals surface area contributed by atoms with Gasteiger partial charge < -0.3 is 15.4 Å². The second-order valence-corrected chi connectivity index (χ2v) is 2.95. The third-order valence-electron chi connectivity index (χ3n) is 2.09. The molecular weight excluding hydrogens is 154 g/mol. The van der Waals surface area contributed by atoms with E-state index >= 15 is 0 Å². The van der Waals surface area contributed by atoms with Gasteiger partial charge in [0.25, 0.3) is 0 Å². The Labute approximate surface area is 71.7 Å². The van der Waals surface area contributed by atoms with Gasteiger partial charge in [-0.25, -0.2) is 0 Å². The van der Waals surface area contributed by atoms with Crippen molar-refractivity contribution in [3.8, 4) is 0 Å². The maximum Gasteiger partial charge on any atom is 0.196 e. The van der Waals surface area contributed by atoms with Crippen molar-refractivity contribution in [2.24, 2.45) is 10.7 Å². The van der Waals surface area contributed by atoms with Crippen molar-refractivity contribution in [3.05, 3.63) is 11.5 Å². The van der Waals surface area contributed by atoms with E-state index in [0.29, 0.717) is 6.54 Å². The highest BCUT2D eigenvalue weighted by molar-refractivity contribution is 5.80. The molecule has 1 fully saturated rings. The summed E-state index contributed by atoms with van der Waals surface area (Å²) in [6.45, 7) is 3.08. The van der Waals surface area contributed by atoms with Gasteiger partial charge in [0.15, 0.2) is 5.88 Å². The molecule has 0 unspecified atom stereocenters. The van der Waals surface area contributed by atoms with Crippen molar-refractivity contribution in [1.29, 1.82) is 0 Å². The van der Waals surface area contributed by atoms with Crippen LogP contribution in [0.25, 0.3) is 0 Å². The second-order valence-electron chi connectivity index (χ2n) is 2.95. The Morgan fingerprint density at radius 2 is 2.58 bits per heavy atom. The molecule has 0 aromatic rings. The van der Waals surface area contributed by atoms with Crippen molar-refractivity contribution in [2.75, 3.05) is 26.4 Å². The zero-order valence-electron chi connectivity index (χ0n) is 6.99. The van der Waals surface area contributed by atoms with Crippen molar-refractivity contribution >= 4 is 6.21 Å². The van der Waals surface area contributed by atoms with Crippen LogP contribution in [-0.2, 0) is 4.74 Å². The summed E-state index contributed by atoms with van der Waals surface area (Å²) in [5, 5.41) is 0. The van der Waals surface area contributed by atoms with Crippen molar-refractivity contribution in [3.63, 3.8) is 0 Å². The summed E-state index contributed by atoms with van der Waals surface area (Å²) >= 11 is 0. The Morgan fingerprint density at radius 1 is 1.67 bits per heavy atom. The fourth-order valence-electron chi connectivity index (χ4n) is 1.49. The number of rotatable bonds is 1. The average molecular weight is 167 g/mol. The van der Waals surface area contributed by atoms with Gasteiger partial charge >= 0.3 is 0 Å². The molecule has 2 rings (SSSR count). The highest BCUT2D eigenvalue weighted by Crippen LogP contribution is 2.19. The first-order valence-corrected chi connectivity index (χ1v) is 4.22. The molecule has 4 nitrogen and oxygen atoms in total. The molecule has 4 heteroatoms. The van der Waals surface area contributed by atoms with Crippen LogP contribution < -0.4 is 5.73 Å². The molecule has 66 valence electrons. The van der Waals surface area contributed by atoms with E-state index in [4.69, 9.17) is 10.5 Å². The van der Waals surface area contributed by atoms with Crippen LogP contribution in [0.3, 0.4) is 0 Å². The maximum atomic E-state index is 5.55. The highest BCUT2D eigenvalue weighted by atomic mass is 16.5. The van der Waals surface area contributed by atoms with Crippen LogP contribution in [0.2, 0.25) is 0 Å². The normalized spacial score (nSPS) is 22.2. The Morgan fingerprint density at radius 3 is 3.42 bits per heavy atom. The van der Waals surface area contributed by atoms with Crippen LogP contribution >= 0.6 is 0 Å². The SMILES string of the molecule is NCC1=C2OCCCN2CN=C1. The van der Waals surface area contributed by atoms with E-state index in [0.717, 1.165) is 37.7 Å². The molecule has 1 saturated heterocycles. The van der Waals surface area contributed by atoms with Crippen LogP contribution in [0.15, 0.2) is 16.4 Å². The third-order valence-corrected chi connectivity index (χ3v) is 2.09. The van der Waals surface area contributed by atoms with Crippen LogP contribution in [-0.4, -0.2) is 37.5 Å². The number of nitrogens with zero attached hydrogens (tertiary/aromatic N) is 2. The van der Waals surface area contributed by atoms with Gasteiger partial charge in [-0.2, -0.15) is 0 Å². The Bertz CT molecular complexity index is 234. The van der Waals surface area contributed by atoms with Crippen LogP contribution in [0.5, 0.6) is 0 Å². The first-order chi connectivity index (χ1) is 5.92. The number of aliphatic imine (C=N–C) groups is 1. The summed E-state index contributed by atoms with van der Waals surface area (Å²) in [7, 11) is 0. The molecule has 0 aliphatic carbocycles. The zero-order valence-corrected chi connectivity index (χ0v) is 6.99. The molecule has 0 aromatic heterocycles. The summed E-state index contributed by atoms with van der Waals surface area (Å²) in [4.78, 5) is 6.33. The van der Waals surface area contributed by atoms with E-state index in [1.54, 1.807) is 0 Å². The minimum atomic E-state index is 0.509. The van der Waals surface area contributed by atoms with Crippen LogP contribution in [0, 0.1) is 0 Å². The molecule has 0 bridgehead atoms. The first-order valence-electron chi connectivity index (χ1n) is 4.22. The van der Waals surface area contributed by atoms with Gasteiger partial charge in [0.1, 0.15) is 6.67 Å². The van der Waals surface area contributed by atoms with Crippen molar-refractivity contribution in [1.82, 2.24) is 4.90 Å². The fourth-order valence-corrected chi connectivity index (χ4v) is 1.49. The average Bonchev–Trinajstić information content (AvgIpc) is 2.17. The predicted octanol–water partition coefficient (Wildman–Crippen LogP) is -0.0791. The highest BCUT2D eigenvalue weighted by Gasteiger charge is 2.20. The predicted molar refractivity (Wildman–Crippen MR) is 46.7 cm³/mol. The molecule has 12 heavy (non-hydrogen) atoms. The molecule has 2 heterocycles. The van der Waals surface area contributed by atoms with Gasteiger partial charge in [0, 0.05) is 24.9 Å². The van der Waals surface area contributed by atoms with Gasteiger partial charge in [-0.05, 0) is 6.42 Å². The molecule has 2 N–H and O–H groups in total. The van der Waals surface area contributed by atoms with Gasteiger partial charge in [0.05, 0.1) is 6.61 Å². The maximum absolute atomic E-state index is 5.55. The van der Waals surface area contributed by atoms with E-state index < -0.39 is 0 Å². The van der Waals surface area contributed by atoms with Gasteiger partial charge in [0.2, 0.25) is 0 Å². The van der Waals surface area contributed by atoms with Gasteiger partial charge in [-0.15, -0.1) is 0 Å². The summed E-state index contributed by atoms with van der Waals surface area (Å²) in [5.41, 5.74) is 6.57. The quantitative estimate of drug-likeness (QED) is 0.594. The number of nitrogens with two attached hydrogens (primary N) is 1. The third kappa shape index (κ3) is 1.18. The number of hydrogen-bond acceptors (Lipinski definition) is 4. The van der Waals surface area contributed by atoms with Crippen LogP contribution in [0.4, 0.5) is 0 Å². The summed E-state index contributed by atoms with van der Waals surface area (Å²) in [5.74, 6) is 0.943. The molecule has 0 amide bonds. The molecule has 2 aliphatic rings. The minimum Gasteiger partial charge on any atom is -0.479 e. The monoisotopic (exact) mass is 167 g/mol. The number of fused-ring (bicyclic) bond motifs is 1. The smallest absolute Gasteiger partial charge is 0.196 e. The molecule has 0 spiro atoms. The molecule has 0 aromatic carbocycles. The lowest BCUT2D eigenvalue weighted by Gasteiger charge is -2.33. The molecule has 0 atom stereocenters. The lowest BCUT2D eigenvalue weighted by Crippen LogP contribution is -2.36. The van der Waals surface area contributed by atoms with E-state index in [-0.39, 0.29) is 0 Å². The van der Waals surface area contributed by atoms with E-state index in [1.165, 1.54) is 0 Å². The zero-order chi connectivity index (χ0) is 8.39. The summed E-state index contributed by atoms with van der Waals surface area (Å²) in [6, 6.07) is 0. The Hall–Kier alpha value is -1.03. The van der Waals surface area contributed by atoms with Gasteiger partial charge in [-0.3, -0.25) is 4.99 Å². The van der Waals surface area contributed by atoms with E-state index in [2.05, 4.69) is 9.89 Å². The van der Waals surface area contributed by atoms with Gasteiger partial charge in [-0.1, -0.05) is 0 Å². The first kappa shape index (κ1) is 7.61. The molecule has 0 saturated carbocycles. The largest absolute Gasteiger partial charge is 0.479 e. The summed E-state index contributed by atoms with van der Waals surface area (Å²) in [6.07, 6.45) is 2.90. The Kier molecular flexibility index (Phi) is 1.99. The minimum absolute atomic E-state index is 0.509. The van der Waals surface area contributed by atoms with E-state index in [1.807, 2.05) is 6.21 Å². The van der Waals surface area contributed by atoms with Crippen molar-refractivity contribution in [2.45, 2.75) is 6.42 Å². The lowest BCUT2D eigenvalue weighted by molar-refractivity contribution is 0.0624. The standard InChI is InChI=1S/C8H13N3O/c9-4-7-5-10-6-11-2-1-3-12-8(7)11/h5H,1-4,6,9H2. The van der Waals surface area contributed by atoms with E-state index in [9.17, 15) is 0 Å². The summed E-state index contributed by atoms with van der Waals surface area (Å²) < 4.78 is 5.52. The molecule has 0 radical (unpaired) electrons. The fraction of sp³-hybridized carbons (Fsp3) is 0.625. The number of ether oxygens (including phenoxy) is 1. The van der Waals surface area contributed by atoms with Crippen LogP contribution in [0.1, 0.15) is 6.42 Å². The molecule has 2 aliphatic heterocycles.